The van der Waals surface area contributed by atoms with Crippen LogP contribution < -0.4 is 15.4 Å². The highest BCUT2D eigenvalue weighted by Gasteiger charge is 2.33. The molecule has 3 aromatic rings. The highest BCUT2D eigenvalue weighted by molar-refractivity contribution is 7.59. The number of methoxy groups -OCH3 is 1. The number of fused-ring (bicyclic) bond motifs is 1. The number of carbonyl (C=O) groups excluding carboxylic acids is 1. The van der Waals surface area contributed by atoms with E-state index in [1.807, 2.05) is 13.0 Å². The van der Waals surface area contributed by atoms with Crippen LogP contribution in [0.1, 0.15) is 34.6 Å². The number of nitrogen functional groups attached to an aromatic ring is 1. The van der Waals surface area contributed by atoms with Gasteiger partial charge in [-0.2, -0.15) is 18.6 Å². The van der Waals surface area contributed by atoms with Crippen LogP contribution in [0.4, 0.5) is 11.5 Å². The smallest absolute Gasteiger partial charge is 0.277 e. The molecule has 1 aromatic carbocycles. The molecule has 9 heteroatoms. The summed E-state index contributed by atoms with van der Waals surface area (Å²) in [7, 11) is 1.55. The Balaban J connectivity index is 0.00000256. The lowest BCUT2D eigenvalue weighted by atomic mass is 10.1. The van der Waals surface area contributed by atoms with Gasteiger partial charge in [0.1, 0.15) is 17.3 Å². The lowest BCUT2D eigenvalue weighted by Crippen LogP contribution is -2.43. The van der Waals surface area contributed by atoms with Crippen molar-refractivity contribution in [1.29, 1.82) is 0 Å². The molecular weight excluding hydrogens is 422 g/mol. The summed E-state index contributed by atoms with van der Waals surface area (Å²) in [5.41, 5.74) is 8.01. The number of anilines is 2. The van der Waals surface area contributed by atoms with Crippen molar-refractivity contribution < 1.29 is 9.53 Å². The molecule has 1 aliphatic heterocycles. The molecule has 0 aliphatic carbocycles. The van der Waals surface area contributed by atoms with Crippen molar-refractivity contribution in [1.82, 2.24) is 14.8 Å². The van der Waals surface area contributed by atoms with Gasteiger partial charge in [-0.25, -0.2) is 4.98 Å². The first-order valence-corrected chi connectivity index (χ1v) is 9.32. The van der Waals surface area contributed by atoms with E-state index < -0.39 is 0 Å². The van der Waals surface area contributed by atoms with Gasteiger partial charge in [0, 0.05) is 24.0 Å². The molecule has 0 fully saturated rings. The zero-order valence-electron chi connectivity index (χ0n) is 16.4. The van der Waals surface area contributed by atoms with Crippen molar-refractivity contribution in [2.75, 3.05) is 24.3 Å². The molecule has 2 N–H and O–H groups in total. The Kier molecular flexibility index (Phi) is 6.25. The number of hydrogen-bond acceptors (Lipinski definition) is 5. The fourth-order valence-corrected chi connectivity index (χ4v) is 3.47. The van der Waals surface area contributed by atoms with Crippen LogP contribution in [0.3, 0.4) is 0 Å². The minimum atomic E-state index is -0.179. The summed E-state index contributed by atoms with van der Waals surface area (Å²) in [4.78, 5) is 19.0. The number of rotatable bonds is 2. The molecule has 0 spiro atoms. The van der Waals surface area contributed by atoms with E-state index in [0.29, 0.717) is 45.6 Å². The molecule has 154 valence electrons. The Hall–Kier alpha value is -3.15. The predicted molar refractivity (Wildman–Crippen MR) is 122 cm³/mol. The summed E-state index contributed by atoms with van der Waals surface area (Å²) in [6.07, 6.45) is 3.21. The topological polar surface area (TPSA) is 86.3 Å². The van der Waals surface area contributed by atoms with Gasteiger partial charge >= 0.3 is 0 Å². The average molecular weight is 442 g/mol. The molecule has 4 rings (SSSR count). The van der Waals surface area contributed by atoms with Crippen LogP contribution in [-0.4, -0.2) is 34.3 Å². The van der Waals surface area contributed by atoms with Crippen molar-refractivity contribution in [3.8, 4) is 17.6 Å². The summed E-state index contributed by atoms with van der Waals surface area (Å²) in [5.74, 6) is 6.85. The van der Waals surface area contributed by atoms with E-state index >= 15 is 0 Å². The molecule has 3 heterocycles. The highest BCUT2D eigenvalue weighted by atomic mass is 35.5. The normalized spacial score (nSPS) is 15.0. The SMILES string of the molecule is COc1ccc(N2C[C@H](C)n3ncc(C#Cc4ccc(N)nc4)c3C2=O)cc1Cl.S. The van der Waals surface area contributed by atoms with Crippen LogP contribution in [0.2, 0.25) is 5.02 Å². The van der Waals surface area contributed by atoms with Crippen molar-refractivity contribution >= 4 is 42.5 Å². The first-order chi connectivity index (χ1) is 14.0. The summed E-state index contributed by atoms with van der Waals surface area (Å²) < 4.78 is 6.92. The number of benzene rings is 1. The van der Waals surface area contributed by atoms with Gasteiger partial charge in [-0.15, -0.1) is 0 Å². The first-order valence-electron chi connectivity index (χ1n) is 8.94. The number of halogens is 1. The van der Waals surface area contributed by atoms with Crippen molar-refractivity contribution in [2.45, 2.75) is 13.0 Å². The molecular formula is C21H20ClN5O2S. The monoisotopic (exact) mass is 441 g/mol. The molecule has 30 heavy (non-hydrogen) atoms. The zero-order chi connectivity index (χ0) is 20.5. The summed E-state index contributed by atoms with van der Waals surface area (Å²) in [6.45, 7) is 2.48. The third kappa shape index (κ3) is 3.95. The van der Waals surface area contributed by atoms with Crippen LogP contribution in [0.5, 0.6) is 5.75 Å². The fourth-order valence-electron chi connectivity index (χ4n) is 3.22. The molecule has 1 atom stereocenters. The van der Waals surface area contributed by atoms with Gasteiger partial charge in [0.15, 0.2) is 0 Å². The van der Waals surface area contributed by atoms with Crippen LogP contribution in [0.15, 0.2) is 42.7 Å². The molecule has 7 nitrogen and oxygen atoms in total. The Morgan fingerprint density at radius 1 is 1.23 bits per heavy atom. The second kappa shape index (κ2) is 8.69. The lowest BCUT2D eigenvalue weighted by molar-refractivity contribution is 0.0953. The number of nitrogens with two attached hydrogens (primary N) is 1. The van der Waals surface area contributed by atoms with Gasteiger partial charge < -0.3 is 15.4 Å². The number of ether oxygens (including phenoxy) is 1. The van der Waals surface area contributed by atoms with Gasteiger partial charge in [-0.1, -0.05) is 23.4 Å². The second-order valence-corrected chi connectivity index (χ2v) is 7.06. The van der Waals surface area contributed by atoms with Gasteiger partial charge in [0.05, 0.1) is 29.9 Å². The molecule has 2 aromatic heterocycles. The van der Waals surface area contributed by atoms with E-state index in [-0.39, 0.29) is 25.4 Å². The second-order valence-electron chi connectivity index (χ2n) is 6.66. The Labute approximate surface area is 186 Å². The van der Waals surface area contributed by atoms with E-state index in [4.69, 9.17) is 22.1 Å². The molecule has 0 bridgehead atoms. The van der Waals surface area contributed by atoms with E-state index in [0.717, 1.165) is 0 Å². The van der Waals surface area contributed by atoms with Crippen molar-refractivity contribution in [2.24, 2.45) is 0 Å². The number of amides is 1. The number of carbonyl (C=O) groups is 1. The van der Waals surface area contributed by atoms with Gasteiger partial charge in [-0.3, -0.25) is 9.48 Å². The van der Waals surface area contributed by atoms with Crippen LogP contribution in [0.25, 0.3) is 0 Å². The van der Waals surface area contributed by atoms with Gasteiger partial charge in [0.2, 0.25) is 0 Å². The van der Waals surface area contributed by atoms with Gasteiger partial charge in [0.25, 0.3) is 5.91 Å². The standard InChI is InChI=1S/C21H18ClN5O2.H2S/c1-13-12-26(16-6-7-18(29-2)17(22)9-16)21(28)20-15(11-25-27(13)20)5-3-14-4-8-19(23)24-10-14;/h4,6-11,13H,12H2,1-2H3,(H2,23,24);1H2/t13-;/m0./s1. The Morgan fingerprint density at radius 2 is 2.03 bits per heavy atom. The first kappa shape index (κ1) is 21.6. The van der Waals surface area contributed by atoms with Crippen molar-refractivity contribution in [3.05, 3.63) is 64.6 Å². The zero-order valence-corrected chi connectivity index (χ0v) is 18.1. The van der Waals surface area contributed by atoms with Crippen LogP contribution in [0, 0.1) is 11.8 Å². The Bertz CT molecular complexity index is 1150. The number of pyridine rings is 1. The minimum absolute atomic E-state index is 0. The number of nitrogens with zero attached hydrogens (tertiary/aromatic N) is 4. The van der Waals surface area contributed by atoms with Crippen LogP contribution in [-0.2, 0) is 0 Å². The van der Waals surface area contributed by atoms with Crippen molar-refractivity contribution in [3.63, 3.8) is 0 Å². The van der Waals surface area contributed by atoms with Crippen LogP contribution >= 0.6 is 25.1 Å². The predicted octanol–water partition coefficient (Wildman–Crippen LogP) is 3.26. The molecule has 0 saturated carbocycles. The van der Waals surface area contributed by atoms with E-state index in [2.05, 4.69) is 21.9 Å². The highest BCUT2D eigenvalue weighted by Crippen LogP contribution is 2.33. The summed E-state index contributed by atoms with van der Waals surface area (Å²) >= 11 is 6.25. The maximum absolute atomic E-state index is 13.3. The summed E-state index contributed by atoms with van der Waals surface area (Å²) in [6, 6.07) is 8.73. The summed E-state index contributed by atoms with van der Waals surface area (Å²) in [5, 5.41) is 4.82. The number of aromatic nitrogens is 3. The minimum Gasteiger partial charge on any atom is -0.495 e. The van der Waals surface area contributed by atoms with E-state index in [9.17, 15) is 4.79 Å². The Morgan fingerprint density at radius 3 is 2.70 bits per heavy atom. The third-order valence-electron chi connectivity index (χ3n) is 4.68. The average Bonchev–Trinajstić information content (AvgIpc) is 3.15. The molecule has 0 radical (unpaired) electrons. The lowest BCUT2D eigenvalue weighted by Gasteiger charge is -2.32. The molecule has 0 saturated heterocycles. The quantitative estimate of drug-likeness (QED) is 0.617. The van der Waals surface area contributed by atoms with Gasteiger partial charge in [-0.05, 0) is 37.3 Å². The largest absolute Gasteiger partial charge is 0.495 e. The maximum Gasteiger partial charge on any atom is 0.277 e. The molecule has 1 amide bonds. The maximum atomic E-state index is 13.3. The van der Waals surface area contributed by atoms with E-state index in [1.165, 1.54) is 0 Å². The molecule has 0 unspecified atom stereocenters. The van der Waals surface area contributed by atoms with E-state index in [1.54, 1.807) is 53.4 Å². The fraction of sp³-hybridized carbons (Fsp3) is 0.190. The third-order valence-corrected chi connectivity index (χ3v) is 4.98. The molecule has 1 aliphatic rings. The number of hydrogen-bond donors (Lipinski definition) is 1.